The number of aromatic nitrogens is 1. The predicted molar refractivity (Wildman–Crippen MR) is 95.1 cm³/mol. The predicted octanol–water partition coefficient (Wildman–Crippen LogP) is 4.68. The van der Waals surface area contributed by atoms with Crippen LogP contribution in [0.4, 0.5) is 0 Å². The van der Waals surface area contributed by atoms with E-state index in [4.69, 9.17) is 27.9 Å². The van der Waals surface area contributed by atoms with Gasteiger partial charge in [0.25, 0.3) is 0 Å². The van der Waals surface area contributed by atoms with Crippen LogP contribution in [0.25, 0.3) is 10.9 Å². The van der Waals surface area contributed by atoms with Crippen LogP contribution in [0.5, 0.6) is 5.75 Å². The van der Waals surface area contributed by atoms with E-state index in [0.717, 1.165) is 11.1 Å². The third-order valence-electron chi connectivity index (χ3n) is 3.91. The largest absolute Gasteiger partial charge is 0.505 e. The van der Waals surface area contributed by atoms with Crippen LogP contribution in [0.2, 0.25) is 10.0 Å². The summed E-state index contributed by atoms with van der Waals surface area (Å²) in [6.45, 7) is 0.505. The van der Waals surface area contributed by atoms with Crippen LogP contribution < -0.4 is 0 Å². The number of ether oxygens (including phenoxy) is 1. The highest BCUT2D eigenvalue weighted by Gasteiger charge is 2.23. The molecule has 1 heterocycles. The van der Waals surface area contributed by atoms with Gasteiger partial charge in [0.15, 0.2) is 11.4 Å². The maximum absolute atomic E-state index is 12.1. The first kappa shape index (κ1) is 16.7. The number of aromatic hydroxyl groups is 1. The van der Waals surface area contributed by atoms with E-state index >= 15 is 0 Å². The van der Waals surface area contributed by atoms with Gasteiger partial charge in [-0.15, -0.1) is 0 Å². The number of hydrogen-bond acceptors (Lipinski definition) is 3. The first-order chi connectivity index (χ1) is 11.5. The molecule has 24 heavy (non-hydrogen) atoms. The molecule has 4 nitrogen and oxygen atoms in total. The second-order valence-electron chi connectivity index (χ2n) is 5.38. The van der Waals surface area contributed by atoms with Gasteiger partial charge < -0.3 is 14.4 Å². The van der Waals surface area contributed by atoms with Gasteiger partial charge in [0.2, 0.25) is 0 Å². The molecule has 0 atom stereocenters. The summed E-state index contributed by atoms with van der Waals surface area (Å²) in [4.78, 5) is 12.1. The van der Waals surface area contributed by atoms with Gasteiger partial charge in [0.05, 0.1) is 12.6 Å². The Morgan fingerprint density at radius 2 is 1.79 bits per heavy atom. The summed E-state index contributed by atoms with van der Waals surface area (Å²) >= 11 is 11.9. The molecule has 3 aromatic rings. The van der Waals surface area contributed by atoms with Gasteiger partial charge in [-0.25, -0.2) is 4.79 Å². The molecule has 2 aromatic carbocycles. The van der Waals surface area contributed by atoms with Gasteiger partial charge >= 0.3 is 5.97 Å². The lowest BCUT2D eigenvalue weighted by molar-refractivity contribution is 0.0585. The highest BCUT2D eigenvalue weighted by molar-refractivity contribution is 6.31. The molecule has 0 aliphatic carbocycles. The molecule has 124 valence electrons. The summed E-state index contributed by atoms with van der Waals surface area (Å²) in [5.41, 5.74) is 1.93. The Balaban J connectivity index is 2.04. The zero-order valence-electron chi connectivity index (χ0n) is 12.9. The summed E-state index contributed by atoms with van der Waals surface area (Å²) in [5.74, 6) is -0.702. The SMILES string of the molecule is COC(=O)c1c(O)c2cc(Cl)ccc2n1CCc1ccc(Cl)cc1. The number of fused-ring (bicyclic) bond motifs is 1. The van der Waals surface area contributed by atoms with Gasteiger partial charge in [0.1, 0.15) is 0 Å². The minimum Gasteiger partial charge on any atom is -0.505 e. The molecule has 0 spiro atoms. The van der Waals surface area contributed by atoms with Crippen LogP contribution in [0.15, 0.2) is 42.5 Å². The fourth-order valence-corrected chi connectivity index (χ4v) is 3.04. The van der Waals surface area contributed by atoms with Crippen molar-refractivity contribution in [3.63, 3.8) is 0 Å². The summed E-state index contributed by atoms with van der Waals surface area (Å²) in [6, 6.07) is 12.7. The Kier molecular flexibility index (Phi) is 4.69. The third kappa shape index (κ3) is 3.07. The highest BCUT2D eigenvalue weighted by atomic mass is 35.5. The molecular weight excluding hydrogens is 349 g/mol. The number of hydrogen-bond donors (Lipinski definition) is 1. The number of methoxy groups -OCH3 is 1. The standard InChI is InChI=1S/C18H15Cl2NO3/c1-24-18(23)16-17(22)14-10-13(20)6-7-15(14)21(16)9-8-11-2-4-12(19)5-3-11/h2-7,10,22H,8-9H2,1H3. The van der Waals surface area contributed by atoms with Gasteiger partial charge in [0, 0.05) is 22.0 Å². The average Bonchev–Trinajstić information content (AvgIpc) is 2.85. The van der Waals surface area contributed by atoms with E-state index in [1.165, 1.54) is 7.11 Å². The zero-order chi connectivity index (χ0) is 17.3. The molecule has 0 aliphatic heterocycles. The van der Waals surface area contributed by atoms with Crippen molar-refractivity contribution in [1.29, 1.82) is 0 Å². The Bertz CT molecular complexity index is 901. The fourth-order valence-electron chi connectivity index (χ4n) is 2.74. The van der Waals surface area contributed by atoms with Gasteiger partial charge in [-0.1, -0.05) is 35.3 Å². The first-order valence-electron chi connectivity index (χ1n) is 7.34. The van der Waals surface area contributed by atoms with E-state index in [2.05, 4.69) is 0 Å². The van der Waals surface area contributed by atoms with Crippen LogP contribution >= 0.6 is 23.2 Å². The monoisotopic (exact) mass is 363 g/mol. The molecular formula is C18H15Cl2NO3. The Morgan fingerprint density at radius 3 is 2.46 bits per heavy atom. The number of nitrogens with zero attached hydrogens (tertiary/aromatic N) is 1. The molecule has 0 aliphatic rings. The molecule has 0 bridgehead atoms. The van der Waals surface area contributed by atoms with Crippen LogP contribution in [0.3, 0.4) is 0 Å². The van der Waals surface area contributed by atoms with Crippen molar-refractivity contribution in [2.24, 2.45) is 0 Å². The molecule has 1 aromatic heterocycles. The fraction of sp³-hybridized carbons (Fsp3) is 0.167. The normalized spacial score (nSPS) is 11.0. The number of aryl methyl sites for hydroxylation is 2. The van der Waals surface area contributed by atoms with Crippen molar-refractivity contribution in [2.75, 3.05) is 7.11 Å². The summed E-state index contributed by atoms with van der Waals surface area (Å²) in [6.07, 6.45) is 0.674. The number of benzene rings is 2. The topological polar surface area (TPSA) is 51.5 Å². The maximum atomic E-state index is 12.1. The van der Waals surface area contributed by atoms with E-state index in [-0.39, 0.29) is 11.4 Å². The van der Waals surface area contributed by atoms with Crippen molar-refractivity contribution in [3.8, 4) is 5.75 Å². The quantitative estimate of drug-likeness (QED) is 0.684. The number of carbonyl (C=O) groups excluding carboxylic acids is 1. The lowest BCUT2D eigenvalue weighted by Gasteiger charge is -2.10. The molecule has 1 N–H and O–H groups in total. The van der Waals surface area contributed by atoms with Crippen molar-refractivity contribution in [3.05, 3.63) is 63.8 Å². The number of rotatable bonds is 4. The van der Waals surface area contributed by atoms with E-state index in [0.29, 0.717) is 28.4 Å². The molecule has 0 amide bonds. The van der Waals surface area contributed by atoms with E-state index < -0.39 is 5.97 Å². The molecule has 0 unspecified atom stereocenters. The summed E-state index contributed by atoms with van der Waals surface area (Å²) in [7, 11) is 1.29. The number of esters is 1. The van der Waals surface area contributed by atoms with Crippen molar-refractivity contribution < 1.29 is 14.6 Å². The lowest BCUT2D eigenvalue weighted by atomic mass is 10.1. The van der Waals surface area contributed by atoms with Crippen molar-refractivity contribution in [1.82, 2.24) is 4.57 Å². The van der Waals surface area contributed by atoms with Crippen LogP contribution in [-0.4, -0.2) is 22.8 Å². The molecule has 0 fully saturated rings. The molecule has 6 heteroatoms. The Morgan fingerprint density at radius 1 is 1.12 bits per heavy atom. The second kappa shape index (κ2) is 6.75. The summed E-state index contributed by atoms with van der Waals surface area (Å²) in [5, 5.41) is 12.1. The highest BCUT2D eigenvalue weighted by Crippen LogP contribution is 2.34. The van der Waals surface area contributed by atoms with Crippen LogP contribution in [0, 0.1) is 0 Å². The Labute approximate surface area is 149 Å². The van der Waals surface area contributed by atoms with Crippen LogP contribution in [-0.2, 0) is 17.7 Å². The zero-order valence-corrected chi connectivity index (χ0v) is 14.4. The smallest absolute Gasteiger partial charge is 0.358 e. The number of halogens is 2. The van der Waals surface area contributed by atoms with E-state index in [1.54, 1.807) is 22.8 Å². The van der Waals surface area contributed by atoms with Crippen LogP contribution in [0.1, 0.15) is 16.1 Å². The number of carbonyl (C=O) groups is 1. The summed E-state index contributed by atoms with van der Waals surface area (Å²) < 4.78 is 6.57. The molecule has 3 rings (SSSR count). The molecule has 0 saturated heterocycles. The maximum Gasteiger partial charge on any atom is 0.358 e. The van der Waals surface area contributed by atoms with Crippen molar-refractivity contribution >= 4 is 40.1 Å². The lowest BCUT2D eigenvalue weighted by Crippen LogP contribution is -2.12. The van der Waals surface area contributed by atoms with Gasteiger partial charge in [-0.3, -0.25) is 0 Å². The first-order valence-corrected chi connectivity index (χ1v) is 8.10. The minimum absolute atomic E-state index is 0.115. The Hall–Kier alpha value is -2.17. The minimum atomic E-state index is -0.587. The average molecular weight is 364 g/mol. The molecule has 0 radical (unpaired) electrons. The second-order valence-corrected chi connectivity index (χ2v) is 6.25. The van der Waals surface area contributed by atoms with E-state index in [1.807, 2.05) is 24.3 Å². The van der Waals surface area contributed by atoms with Gasteiger partial charge in [-0.2, -0.15) is 0 Å². The van der Waals surface area contributed by atoms with Gasteiger partial charge in [-0.05, 0) is 42.3 Å². The molecule has 0 saturated carbocycles. The van der Waals surface area contributed by atoms with Crippen molar-refractivity contribution in [2.45, 2.75) is 13.0 Å². The van der Waals surface area contributed by atoms with E-state index in [9.17, 15) is 9.90 Å². The third-order valence-corrected chi connectivity index (χ3v) is 4.40.